The van der Waals surface area contributed by atoms with E-state index in [-0.39, 0.29) is 23.3 Å². The second-order valence-electron chi connectivity index (χ2n) is 8.06. The molecule has 1 N–H and O–H groups in total. The molecular formula is C18H32N2O3. The van der Waals surface area contributed by atoms with Gasteiger partial charge in [0.25, 0.3) is 0 Å². The van der Waals surface area contributed by atoms with Crippen molar-refractivity contribution in [2.75, 3.05) is 13.1 Å². The molecule has 2 aliphatic heterocycles. The van der Waals surface area contributed by atoms with Crippen molar-refractivity contribution in [1.29, 1.82) is 0 Å². The van der Waals surface area contributed by atoms with E-state index in [0.717, 1.165) is 19.3 Å². The molecule has 0 aromatic heterocycles. The van der Waals surface area contributed by atoms with E-state index in [4.69, 9.17) is 0 Å². The normalized spacial score (nSPS) is 29.9. The smallest absolute Gasteiger partial charge is 0.248 e. The van der Waals surface area contributed by atoms with Crippen LogP contribution in [-0.2, 0) is 9.59 Å². The molecule has 0 aromatic carbocycles. The molecular weight excluding hydrogens is 292 g/mol. The number of carbonyl (C=O) groups is 2. The van der Waals surface area contributed by atoms with Crippen molar-refractivity contribution in [3.05, 3.63) is 0 Å². The van der Waals surface area contributed by atoms with Crippen LogP contribution < -0.4 is 0 Å². The lowest BCUT2D eigenvalue weighted by Gasteiger charge is -2.45. The molecule has 0 spiro atoms. The van der Waals surface area contributed by atoms with Crippen molar-refractivity contribution in [3.63, 3.8) is 0 Å². The zero-order valence-corrected chi connectivity index (χ0v) is 15.2. The van der Waals surface area contributed by atoms with Gasteiger partial charge >= 0.3 is 0 Å². The number of piperazine rings is 1. The summed E-state index contributed by atoms with van der Waals surface area (Å²) in [6.07, 6.45) is 2.65. The molecule has 2 saturated heterocycles. The third-order valence-corrected chi connectivity index (χ3v) is 5.56. The average molecular weight is 324 g/mol. The summed E-state index contributed by atoms with van der Waals surface area (Å²) in [6, 6.07) is -1.03. The maximum atomic E-state index is 13.0. The number of hydrogen-bond donors (Lipinski definition) is 1. The summed E-state index contributed by atoms with van der Waals surface area (Å²) in [4.78, 5) is 29.0. The van der Waals surface area contributed by atoms with Gasteiger partial charge < -0.3 is 14.9 Å². The molecule has 23 heavy (non-hydrogen) atoms. The van der Waals surface area contributed by atoms with Crippen molar-refractivity contribution in [2.24, 2.45) is 11.3 Å². The van der Waals surface area contributed by atoms with Crippen LogP contribution in [0.3, 0.4) is 0 Å². The molecule has 0 aromatic rings. The van der Waals surface area contributed by atoms with Crippen molar-refractivity contribution in [1.82, 2.24) is 9.80 Å². The first-order chi connectivity index (χ1) is 10.7. The van der Waals surface area contributed by atoms with Crippen LogP contribution in [0.4, 0.5) is 0 Å². The number of nitrogens with zero attached hydrogens (tertiary/aromatic N) is 2. The van der Waals surface area contributed by atoms with Crippen LogP contribution in [0, 0.1) is 11.3 Å². The molecule has 2 amide bonds. The fourth-order valence-corrected chi connectivity index (χ4v) is 4.10. The lowest BCUT2D eigenvalue weighted by Crippen LogP contribution is -2.65. The largest absolute Gasteiger partial charge is 0.390 e. The molecule has 0 saturated carbocycles. The molecule has 132 valence electrons. The minimum atomic E-state index is -0.712. The van der Waals surface area contributed by atoms with Gasteiger partial charge in [-0.3, -0.25) is 9.59 Å². The first-order valence-corrected chi connectivity index (χ1v) is 9.01. The average Bonchev–Trinajstić information content (AvgIpc) is 2.85. The van der Waals surface area contributed by atoms with E-state index in [1.54, 1.807) is 9.80 Å². The molecule has 2 heterocycles. The molecule has 0 radical (unpaired) electrons. The number of aliphatic hydroxyl groups is 1. The summed E-state index contributed by atoms with van der Waals surface area (Å²) < 4.78 is 0. The van der Waals surface area contributed by atoms with Gasteiger partial charge in [-0.1, -0.05) is 40.5 Å². The molecule has 0 aliphatic carbocycles. The maximum absolute atomic E-state index is 13.0. The SMILES string of the molecule is CCCC(CC1C(=O)N2CCC(O)C2C(=O)N1CC)C(C)(C)C. The Morgan fingerprint density at radius 3 is 2.39 bits per heavy atom. The Morgan fingerprint density at radius 1 is 1.22 bits per heavy atom. The molecule has 2 aliphatic rings. The van der Waals surface area contributed by atoms with Crippen molar-refractivity contribution in [3.8, 4) is 0 Å². The van der Waals surface area contributed by atoms with Gasteiger partial charge in [0.2, 0.25) is 11.8 Å². The van der Waals surface area contributed by atoms with Gasteiger partial charge in [-0.2, -0.15) is 0 Å². The summed E-state index contributed by atoms with van der Waals surface area (Å²) in [5.74, 6) is 0.344. The standard InChI is InChI=1S/C18H32N2O3/c1-6-8-12(18(3,4)5)11-13-16(22)20-10-9-14(21)15(20)17(23)19(13)7-2/h12-15,21H,6-11H2,1-5H3. The zero-order chi connectivity index (χ0) is 17.4. The second kappa shape index (κ2) is 6.80. The van der Waals surface area contributed by atoms with Gasteiger partial charge in [-0.05, 0) is 31.1 Å². The molecule has 2 fully saturated rings. The quantitative estimate of drug-likeness (QED) is 0.842. The highest BCUT2D eigenvalue weighted by molar-refractivity contribution is 5.97. The highest BCUT2D eigenvalue weighted by Crippen LogP contribution is 2.37. The zero-order valence-electron chi connectivity index (χ0n) is 15.2. The summed E-state index contributed by atoms with van der Waals surface area (Å²) >= 11 is 0. The van der Waals surface area contributed by atoms with Crippen LogP contribution >= 0.6 is 0 Å². The predicted octanol–water partition coefficient (Wildman–Crippen LogP) is 2.03. The number of likely N-dealkylation sites (N-methyl/N-ethyl adjacent to an activating group) is 1. The van der Waals surface area contributed by atoms with Gasteiger partial charge in [0, 0.05) is 13.1 Å². The Labute approximate surface area is 140 Å². The first kappa shape index (κ1) is 18.2. The Balaban J connectivity index is 2.25. The van der Waals surface area contributed by atoms with Crippen LogP contribution in [-0.4, -0.2) is 58.0 Å². The summed E-state index contributed by atoms with van der Waals surface area (Å²) in [5.41, 5.74) is 0.111. The topological polar surface area (TPSA) is 60.9 Å². The Bertz CT molecular complexity index is 458. The highest BCUT2D eigenvalue weighted by Gasteiger charge is 2.51. The minimum Gasteiger partial charge on any atom is -0.390 e. The van der Waals surface area contributed by atoms with Gasteiger partial charge in [0.05, 0.1) is 6.10 Å². The van der Waals surface area contributed by atoms with Crippen LogP contribution in [0.5, 0.6) is 0 Å². The van der Waals surface area contributed by atoms with E-state index in [1.165, 1.54) is 0 Å². The molecule has 4 atom stereocenters. The highest BCUT2D eigenvalue weighted by atomic mass is 16.3. The number of rotatable bonds is 5. The number of fused-ring (bicyclic) bond motifs is 1. The van der Waals surface area contributed by atoms with Gasteiger partial charge in [-0.15, -0.1) is 0 Å². The third-order valence-electron chi connectivity index (χ3n) is 5.56. The first-order valence-electron chi connectivity index (χ1n) is 9.01. The van der Waals surface area contributed by atoms with E-state index in [1.807, 2.05) is 6.92 Å². The summed E-state index contributed by atoms with van der Waals surface area (Å²) in [7, 11) is 0. The number of hydrogen-bond acceptors (Lipinski definition) is 3. The fraction of sp³-hybridized carbons (Fsp3) is 0.889. The van der Waals surface area contributed by atoms with Gasteiger partial charge in [0.1, 0.15) is 12.1 Å². The monoisotopic (exact) mass is 324 g/mol. The third kappa shape index (κ3) is 3.39. The number of amides is 2. The van der Waals surface area contributed by atoms with Gasteiger partial charge in [0.15, 0.2) is 0 Å². The maximum Gasteiger partial charge on any atom is 0.248 e. The Kier molecular flexibility index (Phi) is 5.39. The Hall–Kier alpha value is -1.10. The predicted molar refractivity (Wildman–Crippen MR) is 89.8 cm³/mol. The van der Waals surface area contributed by atoms with E-state index < -0.39 is 12.1 Å². The van der Waals surface area contributed by atoms with Crippen molar-refractivity contribution >= 4 is 11.8 Å². The molecule has 0 bridgehead atoms. The molecule has 5 nitrogen and oxygen atoms in total. The van der Waals surface area contributed by atoms with E-state index in [0.29, 0.717) is 25.4 Å². The molecule has 2 rings (SSSR count). The second-order valence-corrected chi connectivity index (χ2v) is 8.06. The van der Waals surface area contributed by atoms with E-state index in [2.05, 4.69) is 27.7 Å². The van der Waals surface area contributed by atoms with Crippen LogP contribution in [0.15, 0.2) is 0 Å². The molecule has 4 unspecified atom stereocenters. The number of aliphatic hydroxyl groups excluding tert-OH is 1. The van der Waals surface area contributed by atoms with Crippen LogP contribution in [0.25, 0.3) is 0 Å². The lowest BCUT2D eigenvalue weighted by molar-refractivity contribution is -0.163. The minimum absolute atomic E-state index is 0.0263. The summed E-state index contributed by atoms with van der Waals surface area (Å²) in [5, 5.41) is 10.1. The van der Waals surface area contributed by atoms with Gasteiger partial charge in [-0.25, -0.2) is 0 Å². The van der Waals surface area contributed by atoms with Crippen molar-refractivity contribution < 1.29 is 14.7 Å². The van der Waals surface area contributed by atoms with Crippen LogP contribution in [0.1, 0.15) is 60.3 Å². The van der Waals surface area contributed by atoms with Crippen LogP contribution in [0.2, 0.25) is 0 Å². The van der Waals surface area contributed by atoms with Crippen molar-refractivity contribution in [2.45, 2.75) is 78.5 Å². The fourth-order valence-electron chi connectivity index (χ4n) is 4.10. The lowest BCUT2D eigenvalue weighted by atomic mass is 9.74. The summed E-state index contributed by atoms with van der Waals surface area (Å²) in [6.45, 7) is 11.7. The number of carbonyl (C=O) groups excluding carboxylic acids is 2. The molecule has 5 heteroatoms. The Morgan fingerprint density at radius 2 is 1.87 bits per heavy atom. The van der Waals surface area contributed by atoms with E-state index >= 15 is 0 Å². The van der Waals surface area contributed by atoms with E-state index in [9.17, 15) is 14.7 Å².